The summed E-state index contributed by atoms with van der Waals surface area (Å²) < 4.78 is 13.4. The molecule has 1 aromatic carbocycles. The lowest BCUT2D eigenvalue weighted by Gasteiger charge is -2.37. The van der Waals surface area contributed by atoms with Crippen LogP contribution in [0.5, 0.6) is 0 Å². The zero-order valence-electron chi connectivity index (χ0n) is 8.89. The van der Waals surface area contributed by atoms with Gasteiger partial charge in [0.2, 0.25) is 6.08 Å². The minimum absolute atomic E-state index is 0.0855. The molecule has 0 saturated heterocycles. The van der Waals surface area contributed by atoms with Crippen molar-refractivity contribution in [3.05, 3.63) is 34.1 Å². The lowest BCUT2D eigenvalue weighted by molar-refractivity contribution is 0.255. The Morgan fingerprint density at radius 2 is 2.19 bits per heavy atom. The van der Waals surface area contributed by atoms with Gasteiger partial charge in [-0.15, -0.1) is 0 Å². The van der Waals surface area contributed by atoms with Crippen LogP contribution in [0.2, 0.25) is 5.02 Å². The highest BCUT2D eigenvalue weighted by atomic mass is 35.5. The lowest BCUT2D eigenvalue weighted by Crippen LogP contribution is -2.32. The van der Waals surface area contributed by atoms with Crippen LogP contribution in [-0.2, 0) is 10.3 Å². The maximum Gasteiger partial charge on any atom is 0.235 e. The summed E-state index contributed by atoms with van der Waals surface area (Å²) in [5, 5.41) is 0.0855. The number of carbonyl (C=O) groups excluding carboxylic acids is 1. The summed E-state index contributed by atoms with van der Waals surface area (Å²) in [7, 11) is 0. The van der Waals surface area contributed by atoms with Crippen LogP contribution in [0, 0.1) is 12.7 Å². The largest absolute Gasteiger partial charge is 0.235 e. The summed E-state index contributed by atoms with van der Waals surface area (Å²) in [6, 6.07) is 3.27. The van der Waals surface area contributed by atoms with Gasteiger partial charge in [-0.1, -0.05) is 17.7 Å². The van der Waals surface area contributed by atoms with Crippen LogP contribution in [0.25, 0.3) is 0 Å². The molecule has 0 radical (unpaired) electrons. The first-order valence-corrected chi connectivity index (χ1v) is 5.52. The molecule has 1 aliphatic carbocycles. The molecule has 0 aromatic heterocycles. The van der Waals surface area contributed by atoms with Crippen LogP contribution in [0.3, 0.4) is 0 Å². The number of rotatable bonds is 2. The van der Waals surface area contributed by atoms with E-state index in [9.17, 15) is 9.18 Å². The average Bonchev–Trinajstić information content (AvgIpc) is 2.19. The molecular weight excluding hydrogens is 229 g/mol. The van der Waals surface area contributed by atoms with Gasteiger partial charge in [0.25, 0.3) is 0 Å². The molecule has 0 amide bonds. The molecular formula is C12H11ClFNO. The SMILES string of the molecule is Cc1cc(C2(N=C=O)CCC2)cc(Cl)c1F. The Labute approximate surface area is 98.1 Å². The van der Waals surface area contributed by atoms with Gasteiger partial charge < -0.3 is 0 Å². The molecule has 84 valence electrons. The van der Waals surface area contributed by atoms with E-state index in [2.05, 4.69) is 4.99 Å². The van der Waals surface area contributed by atoms with Gasteiger partial charge in [0.1, 0.15) is 5.82 Å². The second-order valence-corrected chi connectivity index (χ2v) is 4.58. The number of benzene rings is 1. The molecule has 0 heterocycles. The van der Waals surface area contributed by atoms with E-state index in [0.717, 1.165) is 24.8 Å². The van der Waals surface area contributed by atoms with Gasteiger partial charge in [0, 0.05) is 0 Å². The number of hydrogen-bond donors (Lipinski definition) is 0. The summed E-state index contributed by atoms with van der Waals surface area (Å²) in [6.07, 6.45) is 4.20. The number of nitrogens with zero attached hydrogens (tertiary/aromatic N) is 1. The molecule has 0 aliphatic heterocycles. The van der Waals surface area contributed by atoms with Gasteiger partial charge in [-0.05, 0) is 43.4 Å². The molecule has 1 saturated carbocycles. The summed E-state index contributed by atoms with van der Waals surface area (Å²) >= 11 is 5.79. The van der Waals surface area contributed by atoms with E-state index in [0.29, 0.717) is 5.56 Å². The van der Waals surface area contributed by atoms with Crippen molar-refractivity contribution in [3.63, 3.8) is 0 Å². The normalized spacial score (nSPS) is 17.4. The number of isocyanates is 1. The van der Waals surface area contributed by atoms with Gasteiger partial charge in [-0.3, -0.25) is 0 Å². The molecule has 1 aromatic rings. The van der Waals surface area contributed by atoms with Crippen molar-refractivity contribution in [1.82, 2.24) is 0 Å². The fraction of sp³-hybridized carbons (Fsp3) is 0.417. The third kappa shape index (κ3) is 1.66. The number of hydrogen-bond acceptors (Lipinski definition) is 2. The maximum absolute atomic E-state index is 13.4. The van der Waals surface area contributed by atoms with Gasteiger partial charge in [-0.25, -0.2) is 9.18 Å². The minimum Gasteiger partial charge on any atom is -0.211 e. The predicted octanol–water partition coefficient (Wildman–Crippen LogP) is 3.50. The molecule has 0 spiro atoms. The summed E-state index contributed by atoms with van der Waals surface area (Å²) in [5.41, 5.74) is 0.782. The Morgan fingerprint density at radius 1 is 1.50 bits per heavy atom. The van der Waals surface area contributed by atoms with E-state index in [1.807, 2.05) is 0 Å². The second-order valence-electron chi connectivity index (χ2n) is 4.18. The average molecular weight is 240 g/mol. The molecule has 16 heavy (non-hydrogen) atoms. The molecule has 0 atom stereocenters. The Bertz CT molecular complexity index is 453. The van der Waals surface area contributed by atoms with Crippen LogP contribution < -0.4 is 0 Å². The molecule has 0 unspecified atom stereocenters. The summed E-state index contributed by atoms with van der Waals surface area (Å²) in [5.74, 6) is -0.407. The molecule has 1 aliphatic rings. The van der Waals surface area contributed by atoms with Crippen LogP contribution in [0.4, 0.5) is 4.39 Å². The molecule has 0 bridgehead atoms. The Kier molecular flexibility index (Phi) is 2.83. The lowest BCUT2D eigenvalue weighted by atomic mass is 9.72. The minimum atomic E-state index is -0.510. The van der Waals surface area contributed by atoms with Gasteiger partial charge in [-0.2, -0.15) is 4.99 Å². The number of aliphatic imine (C=N–C) groups is 1. The smallest absolute Gasteiger partial charge is 0.211 e. The number of aryl methyl sites for hydroxylation is 1. The zero-order valence-corrected chi connectivity index (χ0v) is 9.64. The summed E-state index contributed by atoms with van der Waals surface area (Å²) in [4.78, 5) is 14.3. The molecule has 2 rings (SSSR count). The number of halogens is 2. The van der Waals surface area contributed by atoms with Gasteiger partial charge >= 0.3 is 0 Å². The first kappa shape index (κ1) is 11.3. The van der Waals surface area contributed by atoms with Crippen molar-refractivity contribution >= 4 is 17.7 Å². The van der Waals surface area contributed by atoms with E-state index >= 15 is 0 Å². The van der Waals surface area contributed by atoms with Gasteiger partial charge in [0.05, 0.1) is 10.6 Å². The van der Waals surface area contributed by atoms with E-state index in [1.54, 1.807) is 25.1 Å². The highest BCUT2D eigenvalue weighted by Crippen LogP contribution is 2.45. The second kappa shape index (κ2) is 4.00. The van der Waals surface area contributed by atoms with Crippen molar-refractivity contribution in [1.29, 1.82) is 0 Å². The zero-order chi connectivity index (χ0) is 11.8. The van der Waals surface area contributed by atoms with Crippen molar-refractivity contribution in [2.45, 2.75) is 31.7 Å². The van der Waals surface area contributed by atoms with Crippen molar-refractivity contribution in [2.75, 3.05) is 0 Å². The highest BCUT2D eigenvalue weighted by Gasteiger charge is 2.39. The van der Waals surface area contributed by atoms with E-state index in [4.69, 9.17) is 11.6 Å². The topological polar surface area (TPSA) is 29.4 Å². The van der Waals surface area contributed by atoms with E-state index in [-0.39, 0.29) is 5.02 Å². The Morgan fingerprint density at radius 3 is 2.62 bits per heavy atom. The van der Waals surface area contributed by atoms with Crippen LogP contribution >= 0.6 is 11.6 Å². The highest BCUT2D eigenvalue weighted by molar-refractivity contribution is 6.30. The van der Waals surface area contributed by atoms with Crippen molar-refractivity contribution in [3.8, 4) is 0 Å². The maximum atomic E-state index is 13.4. The third-order valence-electron chi connectivity index (χ3n) is 3.19. The quantitative estimate of drug-likeness (QED) is 0.574. The van der Waals surface area contributed by atoms with Crippen molar-refractivity contribution in [2.24, 2.45) is 4.99 Å². The van der Waals surface area contributed by atoms with E-state index < -0.39 is 11.4 Å². The van der Waals surface area contributed by atoms with Crippen molar-refractivity contribution < 1.29 is 9.18 Å². The Balaban J connectivity index is 2.51. The summed E-state index contributed by atoms with van der Waals surface area (Å²) in [6.45, 7) is 1.65. The fourth-order valence-electron chi connectivity index (χ4n) is 2.06. The molecule has 4 heteroatoms. The van der Waals surface area contributed by atoms with Crippen LogP contribution in [0.15, 0.2) is 17.1 Å². The Hall–Kier alpha value is -1.18. The predicted molar refractivity (Wildman–Crippen MR) is 59.8 cm³/mol. The monoisotopic (exact) mass is 239 g/mol. The third-order valence-corrected chi connectivity index (χ3v) is 3.46. The first-order valence-electron chi connectivity index (χ1n) is 5.14. The van der Waals surface area contributed by atoms with Crippen LogP contribution in [-0.4, -0.2) is 6.08 Å². The molecule has 0 N–H and O–H groups in total. The van der Waals surface area contributed by atoms with Gasteiger partial charge in [0.15, 0.2) is 0 Å². The standard InChI is InChI=1S/C12H11ClFNO/c1-8-5-9(6-10(13)11(8)14)12(15-7-16)3-2-4-12/h5-6H,2-4H2,1H3. The molecule has 2 nitrogen and oxygen atoms in total. The fourth-order valence-corrected chi connectivity index (χ4v) is 2.33. The first-order chi connectivity index (χ1) is 7.59. The van der Waals surface area contributed by atoms with E-state index in [1.165, 1.54) is 0 Å². The molecule has 1 fully saturated rings. The van der Waals surface area contributed by atoms with Crippen LogP contribution in [0.1, 0.15) is 30.4 Å².